The van der Waals surface area contributed by atoms with Gasteiger partial charge in [-0.2, -0.15) is 5.26 Å². The highest BCUT2D eigenvalue weighted by Gasteiger charge is 2.02. The second kappa shape index (κ2) is 11.0. The normalized spacial score (nSPS) is 11.1. The van der Waals surface area contributed by atoms with Crippen molar-refractivity contribution in [3.05, 3.63) is 59.9 Å². The van der Waals surface area contributed by atoms with E-state index in [0.717, 1.165) is 24.3 Å². The summed E-state index contributed by atoms with van der Waals surface area (Å²) in [5.41, 5.74) is 2.21. The van der Waals surface area contributed by atoms with Crippen LogP contribution in [0.1, 0.15) is 56.7 Å². The van der Waals surface area contributed by atoms with Gasteiger partial charge in [-0.15, -0.1) is 0 Å². The number of unbranched alkanes of at least 4 members (excludes halogenated alkanes) is 5. The number of nitriles is 1. The summed E-state index contributed by atoms with van der Waals surface area (Å²) in [5, 5.41) is 9.33. The summed E-state index contributed by atoms with van der Waals surface area (Å²) in [6, 6.07) is 15.6. The highest BCUT2D eigenvalue weighted by atomic mass is 16.5. The van der Waals surface area contributed by atoms with Crippen molar-refractivity contribution in [2.24, 2.45) is 0 Å². The van der Waals surface area contributed by atoms with Crippen molar-refractivity contribution >= 4 is 11.6 Å². The predicted molar refractivity (Wildman–Crippen MR) is 103 cm³/mol. The van der Waals surface area contributed by atoms with Gasteiger partial charge in [0.2, 0.25) is 0 Å². The van der Waals surface area contributed by atoms with E-state index >= 15 is 0 Å². The van der Waals surface area contributed by atoms with Gasteiger partial charge in [0.15, 0.2) is 0 Å². The first kappa shape index (κ1) is 18.7. The minimum absolute atomic E-state index is 0.557. The van der Waals surface area contributed by atoms with E-state index in [9.17, 15) is 5.26 Å². The number of hydrogen-bond acceptors (Lipinski definition) is 3. The summed E-state index contributed by atoms with van der Waals surface area (Å²) >= 11 is 0. The van der Waals surface area contributed by atoms with Gasteiger partial charge in [0.05, 0.1) is 17.9 Å². The Kier molecular flexibility index (Phi) is 8.27. The Morgan fingerprint density at radius 3 is 2.48 bits per heavy atom. The van der Waals surface area contributed by atoms with Crippen molar-refractivity contribution < 1.29 is 4.74 Å². The van der Waals surface area contributed by atoms with Gasteiger partial charge in [0.1, 0.15) is 11.8 Å². The SMILES string of the molecule is CCCCCCCCOc1ccc(C=C(C#N)c2ccccn2)cc1. The molecule has 0 radical (unpaired) electrons. The molecule has 0 spiro atoms. The van der Waals surface area contributed by atoms with Crippen LogP contribution in [0, 0.1) is 11.3 Å². The van der Waals surface area contributed by atoms with Crippen molar-refractivity contribution in [3.8, 4) is 11.8 Å². The fourth-order valence-corrected chi connectivity index (χ4v) is 2.58. The van der Waals surface area contributed by atoms with Gasteiger partial charge in [-0.1, -0.05) is 57.2 Å². The monoisotopic (exact) mass is 334 g/mol. The molecule has 2 rings (SSSR count). The molecule has 0 aliphatic heterocycles. The number of benzene rings is 1. The van der Waals surface area contributed by atoms with E-state index in [2.05, 4.69) is 18.0 Å². The molecule has 0 saturated heterocycles. The van der Waals surface area contributed by atoms with E-state index in [1.807, 2.05) is 48.5 Å². The van der Waals surface area contributed by atoms with Crippen LogP contribution >= 0.6 is 0 Å². The highest BCUT2D eigenvalue weighted by Crippen LogP contribution is 2.18. The Labute approximate surface area is 151 Å². The van der Waals surface area contributed by atoms with Crippen LogP contribution in [0.2, 0.25) is 0 Å². The van der Waals surface area contributed by atoms with Gasteiger partial charge in [-0.25, -0.2) is 0 Å². The Bertz CT molecular complexity index is 684. The first-order valence-electron chi connectivity index (χ1n) is 9.09. The number of ether oxygens (including phenoxy) is 1. The highest BCUT2D eigenvalue weighted by molar-refractivity contribution is 5.88. The zero-order valence-electron chi connectivity index (χ0n) is 14.9. The average molecular weight is 334 g/mol. The summed E-state index contributed by atoms with van der Waals surface area (Å²) in [6.45, 7) is 3.00. The molecular formula is C22H26N2O. The van der Waals surface area contributed by atoms with Crippen LogP contribution in [0.15, 0.2) is 48.7 Å². The molecule has 1 aromatic heterocycles. The smallest absolute Gasteiger partial charge is 0.119 e. The maximum absolute atomic E-state index is 9.33. The molecule has 0 bridgehead atoms. The van der Waals surface area contributed by atoms with Crippen LogP contribution < -0.4 is 4.74 Å². The molecular weight excluding hydrogens is 308 g/mol. The molecule has 0 atom stereocenters. The molecule has 25 heavy (non-hydrogen) atoms. The summed E-state index contributed by atoms with van der Waals surface area (Å²) in [7, 11) is 0. The Morgan fingerprint density at radius 1 is 1.04 bits per heavy atom. The summed E-state index contributed by atoms with van der Waals surface area (Å²) in [6.07, 6.45) is 11.1. The lowest BCUT2D eigenvalue weighted by atomic mass is 10.1. The molecule has 0 fully saturated rings. The number of nitrogens with zero attached hydrogens (tertiary/aromatic N) is 2. The largest absolute Gasteiger partial charge is 0.494 e. The second-order valence-electron chi connectivity index (χ2n) is 6.07. The lowest BCUT2D eigenvalue weighted by Gasteiger charge is -2.06. The number of pyridine rings is 1. The van der Waals surface area contributed by atoms with Crippen molar-refractivity contribution in [1.82, 2.24) is 4.98 Å². The van der Waals surface area contributed by atoms with Crippen LogP contribution in [0.25, 0.3) is 11.6 Å². The van der Waals surface area contributed by atoms with Gasteiger partial charge < -0.3 is 4.74 Å². The maximum atomic E-state index is 9.33. The summed E-state index contributed by atoms with van der Waals surface area (Å²) in [5.74, 6) is 0.877. The summed E-state index contributed by atoms with van der Waals surface area (Å²) < 4.78 is 5.79. The van der Waals surface area contributed by atoms with Gasteiger partial charge in [-0.3, -0.25) is 4.98 Å². The Hall–Kier alpha value is -2.60. The van der Waals surface area contributed by atoms with Gasteiger partial charge >= 0.3 is 0 Å². The second-order valence-corrected chi connectivity index (χ2v) is 6.07. The van der Waals surface area contributed by atoms with E-state index in [1.54, 1.807) is 6.20 Å². The molecule has 0 unspecified atom stereocenters. The lowest BCUT2D eigenvalue weighted by Crippen LogP contribution is -1.97. The minimum atomic E-state index is 0.557. The number of aromatic nitrogens is 1. The molecule has 3 nitrogen and oxygen atoms in total. The third-order valence-electron chi connectivity index (χ3n) is 4.02. The van der Waals surface area contributed by atoms with Crippen LogP contribution in [0.4, 0.5) is 0 Å². The molecule has 2 aromatic rings. The van der Waals surface area contributed by atoms with Crippen molar-refractivity contribution in [2.75, 3.05) is 6.61 Å². The molecule has 130 valence electrons. The Morgan fingerprint density at radius 2 is 1.80 bits per heavy atom. The number of rotatable bonds is 10. The van der Waals surface area contributed by atoms with E-state index < -0.39 is 0 Å². The number of allylic oxidation sites excluding steroid dienone is 1. The molecule has 0 aliphatic carbocycles. The fourth-order valence-electron chi connectivity index (χ4n) is 2.58. The molecule has 0 N–H and O–H groups in total. The van der Waals surface area contributed by atoms with Crippen LogP contribution in [0.5, 0.6) is 5.75 Å². The molecule has 0 saturated carbocycles. The molecule has 3 heteroatoms. The predicted octanol–water partition coefficient (Wildman–Crippen LogP) is 5.89. The van der Waals surface area contributed by atoms with Gasteiger partial charge in [0, 0.05) is 6.20 Å². The Balaban J connectivity index is 1.83. The molecule has 0 amide bonds. The maximum Gasteiger partial charge on any atom is 0.119 e. The topological polar surface area (TPSA) is 45.9 Å². The molecule has 1 heterocycles. The minimum Gasteiger partial charge on any atom is -0.494 e. The first-order chi connectivity index (χ1) is 12.3. The van der Waals surface area contributed by atoms with Crippen molar-refractivity contribution in [3.63, 3.8) is 0 Å². The third kappa shape index (κ3) is 6.81. The zero-order valence-corrected chi connectivity index (χ0v) is 14.9. The third-order valence-corrected chi connectivity index (χ3v) is 4.02. The standard InChI is InChI=1S/C22H26N2O/c1-2-3-4-5-6-9-16-25-21-13-11-19(12-14-21)17-20(18-23)22-10-7-8-15-24-22/h7-8,10-15,17H,2-6,9,16H2,1H3. The van der Waals surface area contributed by atoms with E-state index in [-0.39, 0.29) is 0 Å². The van der Waals surface area contributed by atoms with Gasteiger partial charge in [-0.05, 0) is 42.3 Å². The zero-order chi connectivity index (χ0) is 17.7. The first-order valence-corrected chi connectivity index (χ1v) is 9.09. The fraction of sp³-hybridized carbons (Fsp3) is 0.364. The van der Waals surface area contributed by atoms with E-state index in [0.29, 0.717) is 11.3 Å². The van der Waals surface area contributed by atoms with E-state index in [1.165, 1.54) is 32.1 Å². The molecule has 0 aliphatic rings. The summed E-state index contributed by atoms with van der Waals surface area (Å²) in [4.78, 5) is 4.22. The van der Waals surface area contributed by atoms with Crippen LogP contribution in [0.3, 0.4) is 0 Å². The lowest BCUT2D eigenvalue weighted by molar-refractivity contribution is 0.304. The quantitative estimate of drug-likeness (QED) is 0.402. The van der Waals surface area contributed by atoms with E-state index in [4.69, 9.17) is 4.74 Å². The number of hydrogen-bond donors (Lipinski definition) is 0. The molecule has 1 aromatic carbocycles. The average Bonchev–Trinajstić information content (AvgIpc) is 2.67. The van der Waals surface area contributed by atoms with Crippen molar-refractivity contribution in [1.29, 1.82) is 5.26 Å². The van der Waals surface area contributed by atoms with Crippen LogP contribution in [-0.4, -0.2) is 11.6 Å². The van der Waals surface area contributed by atoms with Crippen molar-refractivity contribution in [2.45, 2.75) is 45.4 Å². The van der Waals surface area contributed by atoms with Gasteiger partial charge in [0.25, 0.3) is 0 Å². The van der Waals surface area contributed by atoms with Crippen LogP contribution in [-0.2, 0) is 0 Å².